The molecule has 1 aromatic rings. The van der Waals surface area contributed by atoms with Crippen molar-refractivity contribution in [3.8, 4) is 0 Å². The molecular weight excluding hydrogens is 242 g/mol. The molecule has 0 atom stereocenters. The van der Waals surface area contributed by atoms with E-state index in [4.69, 9.17) is 9.84 Å². The summed E-state index contributed by atoms with van der Waals surface area (Å²) in [5.41, 5.74) is 2.50. The Kier molecular flexibility index (Phi) is 5.99. The van der Waals surface area contributed by atoms with E-state index in [2.05, 4.69) is 4.90 Å². The maximum absolute atomic E-state index is 10.9. The van der Waals surface area contributed by atoms with Crippen LogP contribution in [0.15, 0.2) is 18.2 Å². The Bertz CT molecular complexity index is 429. The standard InChI is InChI=1S/C15H23NO3/c1-11(2)19-8-7-16(4)10-14-6-5-13(15(17)18)9-12(14)3/h5-6,9,11H,7-8,10H2,1-4H3,(H,17,18). The zero-order valence-corrected chi connectivity index (χ0v) is 12.1. The molecule has 0 aliphatic heterocycles. The number of aryl methyl sites for hydroxylation is 1. The molecule has 19 heavy (non-hydrogen) atoms. The van der Waals surface area contributed by atoms with E-state index in [9.17, 15) is 4.79 Å². The molecule has 0 aromatic heterocycles. The van der Waals surface area contributed by atoms with Gasteiger partial charge in [-0.25, -0.2) is 4.79 Å². The number of benzene rings is 1. The highest BCUT2D eigenvalue weighted by molar-refractivity contribution is 5.87. The third kappa shape index (κ3) is 5.41. The molecular formula is C15H23NO3. The quantitative estimate of drug-likeness (QED) is 0.823. The number of carboxylic acids is 1. The second kappa shape index (κ2) is 7.26. The van der Waals surface area contributed by atoms with Crippen LogP contribution in [0.3, 0.4) is 0 Å². The molecule has 106 valence electrons. The van der Waals surface area contributed by atoms with Gasteiger partial charge in [0.05, 0.1) is 18.3 Å². The molecule has 0 radical (unpaired) electrons. The van der Waals surface area contributed by atoms with Crippen LogP contribution in [0, 0.1) is 6.92 Å². The minimum Gasteiger partial charge on any atom is -0.478 e. The number of rotatable bonds is 7. The minimum absolute atomic E-state index is 0.255. The second-order valence-electron chi connectivity index (χ2n) is 5.10. The van der Waals surface area contributed by atoms with Crippen molar-refractivity contribution in [2.45, 2.75) is 33.4 Å². The van der Waals surface area contributed by atoms with E-state index in [1.54, 1.807) is 12.1 Å². The predicted molar refractivity (Wildman–Crippen MR) is 75.6 cm³/mol. The first-order valence-electron chi connectivity index (χ1n) is 6.53. The first-order valence-corrected chi connectivity index (χ1v) is 6.53. The number of hydrogen-bond donors (Lipinski definition) is 1. The Hall–Kier alpha value is -1.39. The number of hydrogen-bond acceptors (Lipinski definition) is 3. The molecule has 1 rings (SSSR count). The van der Waals surface area contributed by atoms with Gasteiger partial charge in [-0.2, -0.15) is 0 Å². The molecule has 0 aliphatic carbocycles. The minimum atomic E-state index is -0.881. The molecule has 0 saturated heterocycles. The summed E-state index contributed by atoms with van der Waals surface area (Å²) in [7, 11) is 2.04. The van der Waals surface area contributed by atoms with Gasteiger partial charge in [0.25, 0.3) is 0 Å². The van der Waals surface area contributed by atoms with Gasteiger partial charge in [-0.15, -0.1) is 0 Å². The molecule has 1 aromatic carbocycles. The van der Waals surface area contributed by atoms with Crippen molar-refractivity contribution in [2.75, 3.05) is 20.2 Å². The summed E-state index contributed by atoms with van der Waals surface area (Å²) < 4.78 is 5.51. The summed E-state index contributed by atoms with van der Waals surface area (Å²) in [4.78, 5) is 13.0. The molecule has 0 unspecified atom stereocenters. The lowest BCUT2D eigenvalue weighted by Gasteiger charge is -2.19. The number of carbonyl (C=O) groups is 1. The highest BCUT2D eigenvalue weighted by Gasteiger charge is 2.07. The summed E-state index contributed by atoms with van der Waals surface area (Å²) >= 11 is 0. The first-order chi connectivity index (χ1) is 8.90. The highest BCUT2D eigenvalue weighted by Crippen LogP contribution is 2.13. The monoisotopic (exact) mass is 265 g/mol. The SMILES string of the molecule is Cc1cc(C(=O)O)ccc1CN(C)CCOC(C)C. The zero-order chi connectivity index (χ0) is 14.4. The third-order valence-corrected chi connectivity index (χ3v) is 2.95. The van der Waals surface area contributed by atoms with Crippen molar-refractivity contribution in [1.29, 1.82) is 0 Å². The lowest BCUT2D eigenvalue weighted by molar-refractivity contribution is 0.0627. The molecule has 0 saturated carbocycles. The smallest absolute Gasteiger partial charge is 0.335 e. The van der Waals surface area contributed by atoms with Crippen LogP contribution in [-0.2, 0) is 11.3 Å². The van der Waals surface area contributed by atoms with Crippen LogP contribution in [0.25, 0.3) is 0 Å². The topological polar surface area (TPSA) is 49.8 Å². The van der Waals surface area contributed by atoms with Crippen LogP contribution in [0.1, 0.15) is 35.3 Å². The third-order valence-electron chi connectivity index (χ3n) is 2.95. The maximum atomic E-state index is 10.9. The Labute approximate surface area is 115 Å². The molecule has 0 bridgehead atoms. The van der Waals surface area contributed by atoms with Gasteiger partial charge in [-0.3, -0.25) is 4.90 Å². The van der Waals surface area contributed by atoms with Crippen LogP contribution in [0.4, 0.5) is 0 Å². The van der Waals surface area contributed by atoms with Crippen molar-refractivity contribution < 1.29 is 14.6 Å². The van der Waals surface area contributed by atoms with Crippen molar-refractivity contribution in [1.82, 2.24) is 4.90 Å². The summed E-state index contributed by atoms with van der Waals surface area (Å²) in [5.74, 6) is -0.881. The Balaban J connectivity index is 2.54. The Morgan fingerprint density at radius 3 is 2.63 bits per heavy atom. The molecule has 0 heterocycles. The van der Waals surface area contributed by atoms with Crippen LogP contribution in [0.5, 0.6) is 0 Å². The van der Waals surface area contributed by atoms with E-state index < -0.39 is 5.97 Å². The summed E-state index contributed by atoms with van der Waals surface area (Å²) in [6, 6.07) is 5.26. The molecule has 1 N–H and O–H groups in total. The number of nitrogens with zero attached hydrogens (tertiary/aromatic N) is 1. The largest absolute Gasteiger partial charge is 0.478 e. The van der Waals surface area contributed by atoms with Crippen LogP contribution in [-0.4, -0.2) is 42.3 Å². The molecule has 0 fully saturated rings. The number of ether oxygens (including phenoxy) is 1. The lowest BCUT2D eigenvalue weighted by atomic mass is 10.0. The van der Waals surface area contributed by atoms with Crippen molar-refractivity contribution in [2.24, 2.45) is 0 Å². The van der Waals surface area contributed by atoms with Gasteiger partial charge in [-0.1, -0.05) is 6.07 Å². The fourth-order valence-electron chi connectivity index (χ4n) is 1.82. The molecule has 4 nitrogen and oxygen atoms in total. The highest BCUT2D eigenvalue weighted by atomic mass is 16.5. The van der Waals surface area contributed by atoms with Crippen molar-refractivity contribution in [3.63, 3.8) is 0 Å². The van der Waals surface area contributed by atoms with Gasteiger partial charge in [0.15, 0.2) is 0 Å². The fourth-order valence-corrected chi connectivity index (χ4v) is 1.82. The average molecular weight is 265 g/mol. The van der Waals surface area contributed by atoms with Crippen molar-refractivity contribution >= 4 is 5.97 Å². The summed E-state index contributed by atoms with van der Waals surface area (Å²) in [6.07, 6.45) is 0.255. The zero-order valence-electron chi connectivity index (χ0n) is 12.1. The molecule has 4 heteroatoms. The second-order valence-corrected chi connectivity index (χ2v) is 5.10. The van der Waals surface area contributed by atoms with Gasteiger partial charge in [0.2, 0.25) is 0 Å². The number of carboxylic acid groups (broad SMARTS) is 1. The Morgan fingerprint density at radius 1 is 1.42 bits per heavy atom. The van der Waals surface area contributed by atoms with E-state index in [1.807, 2.05) is 33.9 Å². The summed E-state index contributed by atoms with van der Waals surface area (Å²) in [5, 5.41) is 8.92. The van der Waals surface area contributed by atoms with Crippen LogP contribution >= 0.6 is 0 Å². The van der Waals surface area contributed by atoms with Gasteiger partial charge >= 0.3 is 5.97 Å². The van der Waals surface area contributed by atoms with E-state index in [1.165, 1.54) is 0 Å². The molecule has 0 aliphatic rings. The van der Waals surface area contributed by atoms with E-state index >= 15 is 0 Å². The number of likely N-dealkylation sites (N-methyl/N-ethyl adjacent to an activating group) is 1. The van der Waals surface area contributed by atoms with E-state index in [0.717, 1.165) is 24.2 Å². The van der Waals surface area contributed by atoms with Crippen LogP contribution in [0.2, 0.25) is 0 Å². The van der Waals surface area contributed by atoms with Gasteiger partial charge < -0.3 is 9.84 Å². The first kappa shape index (κ1) is 15.7. The summed E-state index contributed by atoms with van der Waals surface area (Å²) in [6.45, 7) is 8.36. The average Bonchev–Trinajstić information content (AvgIpc) is 2.31. The van der Waals surface area contributed by atoms with Gasteiger partial charge in [0.1, 0.15) is 0 Å². The van der Waals surface area contributed by atoms with Gasteiger partial charge in [-0.05, 0) is 51.1 Å². The van der Waals surface area contributed by atoms with Crippen molar-refractivity contribution in [3.05, 3.63) is 34.9 Å². The van der Waals surface area contributed by atoms with Gasteiger partial charge in [0, 0.05) is 13.1 Å². The molecule has 0 spiro atoms. The van der Waals surface area contributed by atoms with E-state index in [-0.39, 0.29) is 6.10 Å². The predicted octanol–water partition coefficient (Wildman–Crippen LogP) is 2.55. The maximum Gasteiger partial charge on any atom is 0.335 e. The number of aromatic carboxylic acids is 1. The Morgan fingerprint density at radius 2 is 2.11 bits per heavy atom. The fraction of sp³-hybridized carbons (Fsp3) is 0.533. The normalized spacial score (nSPS) is 11.3. The van der Waals surface area contributed by atoms with Crippen LogP contribution < -0.4 is 0 Å². The lowest BCUT2D eigenvalue weighted by Crippen LogP contribution is -2.24. The molecule has 0 amide bonds. The van der Waals surface area contributed by atoms with E-state index in [0.29, 0.717) is 12.2 Å².